The van der Waals surface area contributed by atoms with E-state index in [1.807, 2.05) is 13.8 Å². The third-order valence-electron chi connectivity index (χ3n) is 3.10. The summed E-state index contributed by atoms with van der Waals surface area (Å²) in [7, 11) is -3.18. The highest BCUT2D eigenvalue weighted by Crippen LogP contribution is 2.16. The molecule has 1 aliphatic heterocycles. The molecule has 0 aromatic carbocycles. The fraction of sp³-hybridized carbons (Fsp3) is 0.833. The van der Waals surface area contributed by atoms with E-state index >= 15 is 0 Å². The Kier molecular flexibility index (Phi) is 5.62. The van der Waals surface area contributed by atoms with Gasteiger partial charge in [-0.2, -0.15) is 4.31 Å². The molecule has 1 rings (SSSR count). The Morgan fingerprint density at radius 1 is 1.53 bits per heavy atom. The number of piperidine rings is 1. The zero-order chi connectivity index (χ0) is 12.9. The number of nitrogens with zero attached hydrogens (tertiary/aromatic N) is 1. The average Bonchev–Trinajstić information content (AvgIpc) is 2.26. The fourth-order valence-electron chi connectivity index (χ4n) is 2.22. The minimum atomic E-state index is -3.18. The molecule has 0 aliphatic carbocycles. The van der Waals surface area contributed by atoms with Crippen LogP contribution in [0.1, 0.15) is 26.7 Å². The van der Waals surface area contributed by atoms with Crippen LogP contribution in [0.15, 0.2) is 12.7 Å². The van der Waals surface area contributed by atoms with Crippen LogP contribution >= 0.6 is 0 Å². The summed E-state index contributed by atoms with van der Waals surface area (Å²) in [4.78, 5) is 0. The van der Waals surface area contributed by atoms with E-state index in [4.69, 9.17) is 0 Å². The van der Waals surface area contributed by atoms with Gasteiger partial charge in [0.15, 0.2) is 0 Å². The van der Waals surface area contributed by atoms with E-state index in [-0.39, 0.29) is 11.8 Å². The predicted molar refractivity (Wildman–Crippen MR) is 71.4 cm³/mol. The van der Waals surface area contributed by atoms with Gasteiger partial charge in [-0.05, 0) is 45.7 Å². The standard InChI is InChI=1S/C12H24N2O2S/c1-4-8-17(15,16)14(11(2)3)10-12-6-5-7-13-9-12/h4,11-13H,1,5-10H2,2-3H3. The first kappa shape index (κ1) is 14.7. The molecule has 0 radical (unpaired) electrons. The van der Waals surface area contributed by atoms with E-state index in [2.05, 4.69) is 11.9 Å². The van der Waals surface area contributed by atoms with Crippen molar-refractivity contribution >= 4 is 10.0 Å². The van der Waals surface area contributed by atoms with Crippen molar-refractivity contribution in [2.75, 3.05) is 25.4 Å². The molecule has 1 fully saturated rings. The van der Waals surface area contributed by atoms with Crippen LogP contribution in [0.25, 0.3) is 0 Å². The van der Waals surface area contributed by atoms with Crippen LogP contribution in [0.2, 0.25) is 0 Å². The number of hydrogen-bond donors (Lipinski definition) is 1. The second-order valence-electron chi connectivity index (χ2n) is 4.94. The van der Waals surface area contributed by atoms with Crippen molar-refractivity contribution in [3.63, 3.8) is 0 Å². The van der Waals surface area contributed by atoms with Gasteiger partial charge >= 0.3 is 0 Å². The van der Waals surface area contributed by atoms with Crippen molar-refractivity contribution in [2.24, 2.45) is 5.92 Å². The van der Waals surface area contributed by atoms with Gasteiger partial charge in [0, 0.05) is 12.6 Å². The molecule has 0 spiro atoms. The maximum atomic E-state index is 12.1. The minimum absolute atomic E-state index is 0.0156. The first-order valence-electron chi connectivity index (χ1n) is 6.28. The Morgan fingerprint density at radius 3 is 2.71 bits per heavy atom. The number of rotatable bonds is 6. The lowest BCUT2D eigenvalue weighted by atomic mass is 9.99. The Hall–Kier alpha value is -0.390. The van der Waals surface area contributed by atoms with E-state index in [0.717, 1.165) is 25.9 Å². The highest BCUT2D eigenvalue weighted by Gasteiger charge is 2.27. The smallest absolute Gasteiger partial charge is 0.217 e. The predicted octanol–water partition coefficient (Wildman–Crippen LogP) is 1.21. The highest BCUT2D eigenvalue weighted by molar-refractivity contribution is 7.89. The molecule has 0 amide bonds. The lowest BCUT2D eigenvalue weighted by Crippen LogP contribution is -2.44. The Bertz CT molecular complexity index is 332. The maximum Gasteiger partial charge on any atom is 0.217 e. The highest BCUT2D eigenvalue weighted by atomic mass is 32.2. The van der Waals surface area contributed by atoms with Gasteiger partial charge in [-0.25, -0.2) is 8.42 Å². The SMILES string of the molecule is C=CCS(=O)(=O)N(CC1CCCNC1)C(C)C. The van der Waals surface area contributed by atoms with Crippen molar-refractivity contribution < 1.29 is 8.42 Å². The topological polar surface area (TPSA) is 49.4 Å². The van der Waals surface area contributed by atoms with Gasteiger partial charge in [0.25, 0.3) is 0 Å². The van der Waals surface area contributed by atoms with Gasteiger partial charge < -0.3 is 5.32 Å². The summed E-state index contributed by atoms with van der Waals surface area (Å²) in [6.45, 7) is 9.97. The van der Waals surface area contributed by atoms with Crippen LogP contribution in [0, 0.1) is 5.92 Å². The summed E-state index contributed by atoms with van der Waals surface area (Å²) < 4.78 is 25.8. The largest absolute Gasteiger partial charge is 0.316 e. The van der Waals surface area contributed by atoms with Gasteiger partial charge in [0.1, 0.15) is 0 Å². The lowest BCUT2D eigenvalue weighted by molar-refractivity contribution is 0.264. The molecule has 4 nitrogen and oxygen atoms in total. The molecule has 0 aromatic heterocycles. The van der Waals surface area contributed by atoms with Crippen molar-refractivity contribution in [2.45, 2.75) is 32.7 Å². The molecule has 1 heterocycles. The summed E-state index contributed by atoms with van der Waals surface area (Å²) in [5.74, 6) is 0.469. The molecule has 1 atom stereocenters. The second kappa shape index (κ2) is 6.52. The molecule has 1 N–H and O–H groups in total. The minimum Gasteiger partial charge on any atom is -0.316 e. The number of hydrogen-bond acceptors (Lipinski definition) is 3. The van der Waals surface area contributed by atoms with Crippen LogP contribution in [0.5, 0.6) is 0 Å². The number of nitrogens with one attached hydrogen (secondary N) is 1. The lowest BCUT2D eigenvalue weighted by Gasteiger charge is -2.31. The quantitative estimate of drug-likeness (QED) is 0.730. The van der Waals surface area contributed by atoms with Crippen molar-refractivity contribution in [1.29, 1.82) is 0 Å². The van der Waals surface area contributed by atoms with Gasteiger partial charge in [-0.3, -0.25) is 0 Å². The first-order chi connectivity index (χ1) is 7.97. The second-order valence-corrected chi connectivity index (χ2v) is 6.91. The van der Waals surface area contributed by atoms with Crippen molar-refractivity contribution in [1.82, 2.24) is 9.62 Å². The molecule has 0 aromatic rings. The van der Waals surface area contributed by atoms with Crippen LogP contribution in [0.4, 0.5) is 0 Å². The summed E-state index contributed by atoms with van der Waals surface area (Å²) in [6.07, 6.45) is 3.71. The molecule has 0 bridgehead atoms. The van der Waals surface area contributed by atoms with Crippen molar-refractivity contribution in [3.05, 3.63) is 12.7 Å². The summed E-state index contributed by atoms with van der Waals surface area (Å²) in [6, 6.07) is 0.0156. The first-order valence-corrected chi connectivity index (χ1v) is 7.89. The molecule has 17 heavy (non-hydrogen) atoms. The third kappa shape index (κ3) is 4.41. The maximum absolute atomic E-state index is 12.1. The molecule has 1 aliphatic rings. The zero-order valence-electron chi connectivity index (χ0n) is 10.9. The van der Waals surface area contributed by atoms with E-state index in [9.17, 15) is 8.42 Å². The summed E-state index contributed by atoms with van der Waals surface area (Å²) in [5.41, 5.74) is 0. The molecule has 1 saturated heterocycles. The van der Waals surface area contributed by atoms with Crippen LogP contribution < -0.4 is 5.32 Å². The monoisotopic (exact) mass is 260 g/mol. The van der Waals surface area contributed by atoms with E-state index < -0.39 is 10.0 Å². The normalized spacial score (nSPS) is 22.0. The van der Waals surface area contributed by atoms with E-state index in [0.29, 0.717) is 12.5 Å². The molecule has 1 unspecified atom stereocenters. The average molecular weight is 260 g/mol. The number of sulfonamides is 1. The van der Waals surface area contributed by atoms with Gasteiger partial charge in [-0.15, -0.1) is 6.58 Å². The van der Waals surface area contributed by atoms with Gasteiger partial charge in [0.2, 0.25) is 10.0 Å². The molecule has 0 saturated carbocycles. The third-order valence-corrected chi connectivity index (χ3v) is 5.04. The Morgan fingerprint density at radius 2 is 2.24 bits per heavy atom. The molecular weight excluding hydrogens is 236 g/mol. The van der Waals surface area contributed by atoms with Crippen LogP contribution in [0.3, 0.4) is 0 Å². The van der Waals surface area contributed by atoms with Crippen molar-refractivity contribution in [3.8, 4) is 0 Å². The van der Waals surface area contributed by atoms with E-state index in [1.165, 1.54) is 6.08 Å². The van der Waals surface area contributed by atoms with Gasteiger partial charge in [0.05, 0.1) is 5.75 Å². The zero-order valence-corrected chi connectivity index (χ0v) is 11.7. The molecule has 5 heteroatoms. The van der Waals surface area contributed by atoms with Crippen LogP contribution in [-0.2, 0) is 10.0 Å². The molecular formula is C12H24N2O2S. The van der Waals surface area contributed by atoms with Gasteiger partial charge in [-0.1, -0.05) is 6.08 Å². The fourth-order valence-corrected chi connectivity index (χ4v) is 3.79. The summed E-state index contributed by atoms with van der Waals surface area (Å²) in [5, 5.41) is 3.32. The Balaban J connectivity index is 2.68. The van der Waals surface area contributed by atoms with Crippen LogP contribution in [-0.4, -0.2) is 44.2 Å². The summed E-state index contributed by atoms with van der Waals surface area (Å²) >= 11 is 0. The molecule has 100 valence electrons. The Labute approximate surface area is 105 Å². The van der Waals surface area contributed by atoms with E-state index in [1.54, 1.807) is 4.31 Å².